The molecule has 0 aliphatic carbocycles. The molecule has 4 aromatic rings. The van der Waals surface area contributed by atoms with Gasteiger partial charge in [0.2, 0.25) is 5.95 Å². The monoisotopic (exact) mass is 433 g/mol. The second-order valence-corrected chi connectivity index (χ2v) is 8.52. The zero-order valence-electron chi connectivity index (χ0n) is 17.6. The molecule has 8 nitrogen and oxygen atoms in total. The van der Waals surface area contributed by atoms with E-state index in [9.17, 15) is 4.79 Å². The smallest absolute Gasteiger partial charge is 0.280 e. The van der Waals surface area contributed by atoms with Crippen molar-refractivity contribution in [3.05, 3.63) is 34.6 Å². The Labute approximate surface area is 183 Å². The van der Waals surface area contributed by atoms with Crippen LogP contribution in [0.25, 0.3) is 22.2 Å². The van der Waals surface area contributed by atoms with Gasteiger partial charge in [0.15, 0.2) is 21.5 Å². The number of fused-ring (bicyclic) bond motifs is 2. The zero-order chi connectivity index (χ0) is 21.4. The summed E-state index contributed by atoms with van der Waals surface area (Å²) in [5.74, 6) is 6.80. The van der Waals surface area contributed by atoms with Crippen molar-refractivity contribution in [2.75, 3.05) is 18.0 Å². The van der Waals surface area contributed by atoms with E-state index >= 15 is 0 Å². The third kappa shape index (κ3) is 3.57. The van der Waals surface area contributed by atoms with Crippen molar-refractivity contribution < 1.29 is 0 Å². The molecule has 0 amide bonds. The van der Waals surface area contributed by atoms with Gasteiger partial charge in [-0.25, -0.2) is 9.97 Å². The van der Waals surface area contributed by atoms with E-state index in [1.54, 1.807) is 18.5 Å². The fourth-order valence-electron chi connectivity index (χ4n) is 3.93. The molecule has 5 rings (SSSR count). The predicted octanol–water partition coefficient (Wildman–Crippen LogP) is 3.17. The average molecular weight is 434 g/mol. The molecule has 9 heteroatoms. The van der Waals surface area contributed by atoms with Gasteiger partial charge in [-0.05, 0) is 50.1 Å². The first kappa shape index (κ1) is 19.7. The predicted molar refractivity (Wildman–Crippen MR) is 122 cm³/mol. The van der Waals surface area contributed by atoms with Gasteiger partial charge in [0.25, 0.3) is 5.56 Å². The Balaban J connectivity index is 1.61. The van der Waals surface area contributed by atoms with Gasteiger partial charge in [-0.3, -0.25) is 13.9 Å². The molecule has 0 radical (unpaired) electrons. The lowest BCUT2D eigenvalue weighted by Crippen LogP contribution is -2.32. The largest absolute Gasteiger partial charge is 0.342 e. The SMILES string of the molecule is CC#CCn1c(N2CCCCC2)nc2nc(Sc3nc4ccccc4[nH]3)n(C)c(=O)c21. The lowest BCUT2D eigenvalue weighted by molar-refractivity contribution is 0.561. The first-order valence-corrected chi connectivity index (χ1v) is 11.2. The van der Waals surface area contributed by atoms with E-state index in [1.807, 2.05) is 28.8 Å². The molecule has 1 aliphatic rings. The molecular weight excluding hydrogens is 410 g/mol. The Kier molecular flexibility index (Phi) is 5.16. The highest BCUT2D eigenvalue weighted by Crippen LogP contribution is 2.28. The molecule has 1 aliphatic heterocycles. The van der Waals surface area contributed by atoms with Gasteiger partial charge < -0.3 is 9.88 Å². The maximum atomic E-state index is 13.3. The number of hydrogen-bond donors (Lipinski definition) is 1. The summed E-state index contributed by atoms with van der Waals surface area (Å²) >= 11 is 1.33. The third-order valence-electron chi connectivity index (χ3n) is 5.53. The van der Waals surface area contributed by atoms with Crippen LogP contribution in [0.1, 0.15) is 26.2 Å². The van der Waals surface area contributed by atoms with Crippen molar-refractivity contribution in [2.45, 2.75) is 43.0 Å². The highest BCUT2D eigenvalue weighted by molar-refractivity contribution is 7.99. The Morgan fingerprint density at radius 2 is 1.94 bits per heavy atom. The van der Waals surface area contributed by atoms with E-state index in [4.69, 9.17) is 9.97 Å². The van der Waals surface area contributed by atoms with E-state index in [1.165, 1.54) is 18.2 Å². The number of para-hydroxylation sites is 2. The van der Waals surface area contributed by atoms with Crippen LogP contribution in [-0.4, -0.2) is 42.2 Å². The number of aromatic amines is 1. The van der Waals surface area contributed by atoms with Crippen LogP contribution in [0, 0.1) is 11.8 Å². The van der Waals surface area contributed by atoms with Crippen molar-refractivity contribution in [1.82, 2.24) is 29.1 Å². The molecule has 0 atom stereocenters. The number of benzene rings is 1. The molecule has 4 heterocycles. The van der Waals surface area contributed by atoms with Gasteiger partial charge >= 0.3 is 0 Å². The standard InChI is InChI=1S/C22H23N7OS/c1-3-4-14-29-17-18(25-21(29)28-12-8-5-9-13-28)26-22(27(2)19(17)30)31-20-23-15-10-6-7-11-16(15)24-20/h6-7,10-11H,5,8-9,12-14H2,1-2H3,(H,23,24). The second kappa shape index (κ2) is 8.12. The molecule has 0 saturated carbocycles. The molecule has 0 spiro atoms. The van der Waals surface area contributed by atoms with Gasteiger partial charge in [0.05, 0.1) is 17.6 Å². The Morgan fingerprint density at radius 3 is 2.71 bits per heavy atom. The molecule has 31 heavy (non-hydrogen) atoms. The van der Waals surface area contributed by atoms with Crippen LogP contribution in [0.2, 0.25) is 0 Å². The maximum Gasteiger partial charge on any atom is 0.280 e. The van der Waals surface area contributed by atoms with Crippen molar-refractivity contribution in [1.29, 1.82) is 0 Å². The lowest BCUT2D eigenvalue weighted by Gasteiger charge is -2.27. The van der Waals surface area contributed by atoms with Crippen LogP contribution in [0.15, 0.2) is 39.4 Å². The normalized spacial score (nSPS) is 14.2. The maximum absolute atomic E-state index is 13.3. The van der Waals surface area contributed by atoms with E-state index in [2.05, 4.69) is 26.7 Å². The molecule has 0 bridgehead atoms. The fourth-order valence-corrected chi connectivity index (χ4v) is 4.76. The molecule has 1 N–H and O–H groups in total. The number of imidazole rings is 2. The van der Waals surface area contributed by atoms with Crippen LogP contribution in [0.3, 0.4) is 0 Å². The zero-order valence-corrected chi connectivity index (χ0v) is 18.4. The quantitative estimate of drug-likeness (QED) is 0.393. The second-order valence-electron chi connectivity index (χ2n) is 7.56. The number of rotatable bonds is 4. The summed E-state index contributed by atoms with van der Waals surface area (Å²) in [6, 6.07) is 7.84. The number of nitrogens with one attached hydrogen (secondary N) is 1. The van der Waals surface area contributed by atoms with Gasteiger partial charge in [-0.1, -0.05) is 18.1 Å². The minimum absolute atomic E-state index is 0.128. The summed E-state index contributed by atoms with van der Waals surface area (Å²) in [7, 11) is 1.74. The van der Waals surface area contributed by atoms with Crippen LogP contribution in [0.4, 0.5) is 5.95 Å². The Hall–Kier alpha value is -3.25. The number of anilines is 1. The van der Waals surface area contributed by atoms with Gasteiger partial charge in [0.1, 0.15) is 0 Å². The minimum Gasteiger partial charge on any atom is -0.342 e. The van der Waals surface area contributed by atoms with Crippen LogP contribution in [-0.2, 0) is 13.6 Å². The van der Waals surface area contributed by atoms with Crippen LogP contribution < -0.4 is 10.5 Å². The Morgan fingerprint density at radius 1 is 1.13 bits per heavy atom. The molecule has 0 unspecified atom stereocenters. The van der Waals surface area contributed by atoms with Gasteiger partial charge in [-0.2, -0.15) is 4.98 Å². The highest BCUT2D eigenvalue weighted by atomic mass is 32.2. The molecular formula is C22H23N7OS. The summed E-state index contributed by atoms with van der Waals surface area (Å²) < 4.78 is 3.49. The van der Waals surface area contributed by atoms with Crippen molar-refractivity contribution in [3.8, 4) is 11.8 Å². The number of hydrogen-bond acceptors (Lipinski definition) is 6. The minimum atomic E-state index is -0.128. The summed E-state index contributed by atoms with van der Waals surface area (Å²) in [6.45, 7) is 4.09. The number of piperidine rings is 1. The molecule has 1 aromatic carbocycles. The van der Waals surface area contributed by atoms with E-state index in [0.29, 0.717) is 28.0 Å². The number of H-pyrrole nitrogens is 1. The highest BCUT2D eigenvalue weighted by Gasteiger charge is 2.23. The average Bonchev–Trinajstić information content (AvgIpc) is 3.37. The number of aromatic nitrogens is 6. The van der Waals surface area contributed by atoms with Gasteiger partial charge in [-0.15, -0.1) is 5.92 Å². The van der Waals surface area contributed by atoms with E-state index in [-0.39, 0.29) is 5.56 Å². The molecule has 3 aromatic heterocycles. The lowest BCUT2D eigenvalue weighted by atomic mass is 10.1. The van der Waals surface area contributed by atoms with Crippen LogP contribution in [0.5, 0.6) is 0 Å². The molecule has 158 valence electrons. The third-order valence-corrected chi connectivity index (χ3v) is 6.47. The topological polar surface area (TPSA) is 84.6 Å². The molecule has 1 fully saturated rings. The van der Waals surface area contributed by atoms with Gasteiger partial charge in [0, 0.05) is 20.1 Å². The first-order valence-electron chi connectivity index (χ1n) is 10.4. The molecule has 1 saturated heterocycles. The van der Waals surface area contributed by atoms with Crippen molar-refractivity contribution >= 4 is 39.9 Å². The van der Waals surface area contributed by atoms with E-state index < -0.39 is 0 Å². The summed E-state index contributed by atoms with van der Waals surface area (Å²) in [5, 5.41) is 1.24. The van der Waals surface area contributed by atoms with Crippen LogP contribution >= 0.6 is 11.8 Å². The van der Waals surface area contributed by atoms with E-state index in [0.717, 1.165) is 42.9 Å². The van der Waals surface area contributed by atoms with Crippen molar-refractivity contribution in [3.63, 3.8) is 0 Å². The summed E-state index contributed by atoms with van der Waals surface area (Å²) in [4.78, 5) is 33.0. The first-order chi connectivity index (χ1) is 15.2. The Bertz CT molecular complexity index is 1350. The van der Waals surface area contributed by atoms with Crippen molar-refractivity contribution in [2.24, 2.45) is 7.05 Å². The number of nitrogens with zero attached hydrogens (tertiary/aromatic N) is 6. The summed E-state index contributed by atoms with van der Waals surface area (Å²) in [6.07, 6.45) is 3.48. The summed E-state index contributed by atoms with van der Waals surface area (Å²) in [5.41, 5.74) is 2.66. The fraction of sp³-hybridized carbons (Fsp3) is 0.364.